The molecule has 3 nitrogen and oxygen atoms in total. The summed E-state index contributed by atoms with van der Waals surface area (Å²) in [6.07, 6.45) is 1.52. The molecule has 1 rings (SSSR count). The Balaban J connectivity index is 2.30. The molecular weight excluding hydrogens is 227 g/mol. The van der Waals surface area contributed by atoms with Crippen molar-refractivity contribution < 1.29 is 13.2 Å². The van der Waals surface area contributed by atoms with E-state index in [1.54, 1.807) is 12.1 Å². The highest BCUT2D eigenvalue weighted by Gasteiger charge is 2.27. The second-order valence-corrected chi connectivity index (χ2v) is 3.82. The van der Waals surface area contributed by atoms with E-state index in [2.05, 4.69) is 10.3 Å². The first kappa shape index (κ1) is 12.0. The number of anilines is 2. The maximum absolute atomic E-state index is 11.8. The number of pyridine rings is 1. The molecule has 0 radical (unpaired) electrons. The summed E-state index contributed by atoms with van der Waals surface area (Å²) < 4.78 is 35.3. The van der Waals surface area contributed by atoms with Crippen molar-refractivity contribution in [2.45, 2.75) is 5.51 Å². The van der Waals surface area contributed by atoms with Gasteiger partial charge in [-0.2, -0.15) is 13.2 Å². The van der Waals surface area contributed by atoms with E-state index >= 15 is 0 Å². The van der Waals surface area contributed by atoms with E-state index in [1.165, 1.54) is 6.20 Å². The van der Waals surface area contributed by atoms with Crippen molar-refractivity contribution in [3.05, 3.63) is 18.3 Å². The maximum Gasteiger partial charge on any atom is 0.441 e. The van der Waals surface area contributed by atoms with E-state index in [1.807, 2.05) is 0 Å². The Morgan fingerprint density at radius 1 is 1.47 bits per heavy atom. The van der Waals surface area contributed by atoms with Crippen LogP contribution in [-0.4, -0.2) is 22.8 Å². The summed E-state index contributed by atoms with van der Waals surface area (Å²) in [7, 11) is 0. The summed E-state index contributed by atoms with van der Waals surface area (Å²) in [5, 5.41) is 2.78. The first-order chi connectivity index (χ1) is 6.99. The Labute approximate surface area is 89.3 Å². The Morgan fingerprint density at radius 2 is 2.20 bits per heavy atom. The normalized spacial score (nSPS) is 11.4. The molecule has 1 heterocycles. The number of nitrogens with zero attached hydrogens (tertiary/aromatic N) is 1. The fourth-order valence-corrected chi connectivity index (χ4v) is 1.36. The van der Waals surface area contributed by atoms with Gasteiger partial charge in [0.1, 0.15) is 5.82 Å². The number of halogens is 3. The van der Waals surface area contributed by atoms with Crippen molar-refractivity contribution in [1.29, 1.82) is 0 Å². The molecule has 7 heteroatoms. The van der Waals surface area contributed by atoms with Gasteiger partial charge in [0.15, 0.2) is 0 Å². The lowest BCUT2D eigenvalue weighted by Gasteiger charge is -2.08. The summed E-state index contributed by atoms with van der Waals surface area (Å²) in [6.45, 7) is 0.195. The van der Waals surface area contributed by atoms with E-state index in [9.17, 15) is 13.2 Å². The van der Waals surface area contributed by atoms with Gasteiger partial charge in [0.2, 0.25) is 0 Å². The van der Waals surface area contributed by atoms with Crippen molar-refractivity contribution in [1.82, 2.24) is 4.98 Å². The van der Waals surface area contributed by atoms with Gasteiger partial charge < -0.3 is 11.1 Å². The number of rotatable bonds is 4. The molecular formula is C8H10F3N3S. The minimum atomic E-state index is -4.18. The molecule has 0 fully saturated rings. The zero-order valence-corrected chi connectivity index (χ0v) is 8.53. The molecule has 0 bridgehead atoms. The topological polar surface area (TPSA) is 50.9 Å². The average Bonchev–Trinajstić information content (AvgIpc) is 2.13. The van der Waals surface area contributed by atoms with Crippen LogP contribution in [-0.2, 0) is 0 Å². The lowest BCUT2D eigenvalue weighted by atomic mass is 10.4. The Morgan fingerprint density at radius 3 is 2.80 bits per heavy atom. The molecule has 0 saturated heterocycles. The Hall–Kier alpha value is -1.11. The number of nitrogen functional groups attached to an aromatic ring is 1. The molecule has 0 aromatic carbocycles. The standard InChI is InChI=1S/C8H10F3N3S/c9-8(10,11)15-5-4-13-6-2-1-3-14-7(6)12/h1-3,13H,4-5H2,(H2,12,14). The van der Waals surface area contributed by atoms with Crippen LogP contribution in [0.25, 0.3) is 0 Å². The number of thioether (sulfide) groups is 1. The molecule has 0 saturated carbocycles. The van der Waals surface area contributed by atoms with Gasteiger partial charge >= 0.3 is 5.51 Å². The maximum atomic E-state index is 11.8. The van der Waals surface area contributed by atoms with Gasteiger partial charge in [-0.3, -0.25) is 0 Å². The summed E-state index contributed by atoms with van der Waals surface area (Å²) in [5.74, 6) is 0.229. The van der Waals surface area contributed by atoms with Crippen LogP contribution in [0, 0.1) is 0 Å². The SMILES string of the molecule is Nc1ncccc1NCCSC(F)(F)F. The molecule has 0 aliphatic heterocycles. The largest absolute Gasteiger partial charge is 0.441 e. The van der Waals surface area contributed by atoms with Crippen LogP contribution in [0.4, 0.5) is 24.7 Å². The van der Waals surface area contributed by atoms with Crippen molar-refractivity contribution in [3.8, 4) is 0 Å². The number of hydrogen-bond donors (Lipinski definition) is 2. The number of hydrogen-bond acceptors (Lipinski definition) is 4. The first-order valence-electron chi connectivity index (χ1n) is 4.14. The average molecular weight is 237 g/mol. The van der Waals surface area contributed by atoms with Gasteiger partial charge in [-0.05, 0) is 23.9 Å². The van der Waals surface area contributed by atoms with E-state index in [0.717, 1.165) is 0 Å². The molecule has 0 unspecified atom stereocenters. The summed E-state index contributed by atoms with van der Waals surface area (Å²) in [6, 6.07) is 3.33. The van der Waals surface area contributed by atoms with Gasteiger partial charge in [-0.25, -0.2) is 4.98 Å². The van der Waals surface area contributed by atoms with E-state index in [0.29, 0.717) is 5.69 Å². The number of alkyl halides is 3. The number of nitrogens with two attached hydrogens (primary N) is 1. The molecule has 84 valence electrons. The predicted octanol–water partition coefficient (Wildman–Crippen LogP) is 2.33. The van der Waals surface area contributed by atoms with Crippen molar-refractivity contribution in [2.75, 3.05) is 23.3 Å². The zero-order chi connectivity index (χ0) is 11.3. The second kappa shape index (κ2) is 5.11. The molecule has 0 aliphatic carbocycles. The highest BCUT2D eigenvalue weighted by molar-refractivity contribution is 8.00. The lowest BCUT2D eigenvalue weighted by Crippen LogP contribution is -2.10. The third-order valence-electron chi connectivity index (χ3n) is 1.52. The summed E-state index contributed by atoms with van der Waals surface area (Å²) >= 11 is -0.0651. The van der Waals surface area contributed by atoms with Gasteiger partial charge in [0, 0.05) is 18.5 Å². The molecule has 15 heavy (non-hydrogen) atoms. The third kappa shape index (κ3) is 4.78. The van der Waals surface area contributed by atoms with Crippen LogP contribution in [0.5, 0.6) is 0 Å². The fourth-order valence-electron chi connectivity index (χ4n) is 0.919. The van der Waals surface area contributed by atoms with Crippen LogP contribution in [0.2, 0.25) is 0 Å². The predicted molar refractivity (Wildman–Crippen MR) is 55.7 cm³/mol. The molecule has 0 aliphatic rings. The molecule has 3 N–H and O–H groups in total. The fraction of sp³-hybridized carbons (Fsp3) is 0.375. The van der Waals surface area contributed by atoms with Gasteiger partial charge in [-0.1, -0.05) is 0 Å². The molecule has 1 aromatic rings. The van der Waals surface area contributed by atoms with E-state index in [4.69, 9.17) is 5.73 Å². The molecule has 0 atom stereocenters. The van der Waals surface area contributed by atoms with Crippen LogP contribution < -0.4 is 11.1 Å². The number of aromatic nitrogens is 1. The molecule has 0 amide bonds. The van der Waals surface area contributed by atoms with E-state index < -0.39 is 5.51 Å². The van der Waals surface area contributed by atoms with Gasteiger partial charge in [0.05, 0.1) is 5.69 Å². The van der Waals surface area contributed by atoms with Crippen molar-refractivity contribution in [2.24, 2.45) is 0 Å². The minimum absolute atomic E-state index is 0.0577. The van der Waals surface area contributed by atoms with Crippen LogP contribution in [0.15, 0.2) is 18.3 Å². The smallest absolute Gasteiger partial charge is 0.382 e. The van der Waals surface area contributed by atoms with Crippen LogP contribution in [0.3, 0.4) is 0 Å². The van der Waals surface area contributed by atoms with Crippen LogP contribution in [0.1, 0.15) is 0 Å². The Kier molecular flexibility index (Phi) is 4.07. The van der Waals surface area contributed by atoms with E-state index in [-0.39, 0.29) is 29.9 Å². The lowest BCUT2D eigenvalue weighted by molar-refractivity contribution is -0.0327. The monoisotopic (exact) mass is 237 g/mol. The second-order valence-electron chi connectivity index (χ2n) is 2.66. The highest BCUT2D eigenvalue weighted by atomic mass is 32.2. The quantitative estimate of drug-likeness (QED) is 0.789. The molecule has 1 aromatic heterocycles. The first-order valence-corrected chi connectivity index (χ1v) is 5.12. The van der Waals surface area contributed by atoms with Crippen LogP contribution >= 0.6 is 11.8 Å². The highest BCUT2D eigenvalue weighted by Crippen LogP contribution is 2.29. The zero-order valence-electron chi connectivity index (χ0n) is 7.71. The third-order valence-corrected chi connectivity index (χ3v) is 2.26. The Bertz CT molecular complexity index is 316. The van der Waals surface area contributed by atoms with Crippen molar-refractivity contribution >= 4 is 23.3 Å². The molecule has 0 spiro atoms. The summed E-state index contributed by atoms with van der Waals surface area (Å²) in [5.41, 5.74) is 1.86. The van der Waals surface area contributed by atoms with Crippen molar-refractivity contribution in [3.63, 3.8) is 0 Å². The van der Waals surface area contributed by atoms with Gasteiger partial charge in [0.25, 0.3) is 0 Å². The number of nitrogens with one attached hydrogen (secondary N) is 1. The van der Waals surface area contributed by atoms with Gasteiger partial charge in [-0.15, -0.1) is 0 Å². The summed E-state index contributed by atoms with van der Waals surface area (Å²) in [4.78, 5) is 3.79. The minimum Gasteiger partial charge on any atom is -0.382 e.